The van der Waals surface area contributed by atoms with Crippen LogP contribution >= 0.6 is 11.6 Å². The van der Waals surface area contributed by atoms with Crippen molar-refractivity contribution in [1.82, 2.24) is 39.5 Å². The first-order valence-electron chi connectivity index (χ1n) is 18.8. The molecule has 4 aliphatic heterocycles. The van der Waals surface area contributed by atoms with Gasteiger partial charge in [-0.15, -0.1) is 0 Å². The highest BCUT2D eigenvalue weighted by Gasteiger charge is 2.42. The van der Waals surface area contributed by atoms with Crippen LogP contribution in [-0.4, -0.2) is 117 Å². The Morgan fingerprint density at radius 2 is 1.65 bits per heavy atom. The van der Waals surface area contributed by atoms with Gasteiger partial charge in [0.1, 0.15) is 6.04 Å². The van der Waals surface area contributed by atoms with E-state index in [1.54, 1.807) is 20.6 Å². The smallest absolute Gasteiger partial charge is 0.397 e. The second-order valence-corrected chi connectivity index (χ2v) is 15.7. The van der Waals surface area contributed by atoms with E-state index in [9.17, 15) is 27.6 Å². The molecular formula is C38H45ClF3N9O3. The Hall–Kier alpha value is -4.34. The number of nitrogens with two attached hydrogens (primary N) is 1. The SMILES string of the molecule is CN1C2CCC1CC(N1CCN(C(=O)[C@@H](Cc3cc(Cl)c(N)c(C(F)(F)F)c3)NC(=O)N3CCC(n4c(=O)[nH]c5c6ccccc6ncc54)CC3)CC1)C2. The number of piperidine rings is 2. The Labute approximate surface area is 315 Å². The van der Waals surface area contributed by atoms with Crippen molar-refractivity contribution in [3.8, 4) is 0 Å². The Kier molecular flexibility index (Phi) is 9.76. The number of carbonyl (C=O) groups excluding carboxylic acids is 2. The minimum atomic E-state index is -4.75. The molecule has 8 rings (SSSR count). The number of benzene rings is 2. The first-order chi connectivity index (χ1) is 25.9. The number of nitrogen functional groups attached to an aromatic ring is 1. The number of anilines is 1. The van der Waals surface area contributed by atoms with Gasteiger partial charge in [0.2, 0.25) is 5.91 Å². The van der Waals surface area contributed by atoms with E-state index in [1.165, 1.54) is 18.9 Å². The van der Waals surface area contributed by atoms with Crippen LogP contribution < -0.4 is 16.7 Å². The number of carbonyl (C=O) groups is 2. The second-order valence-electron chi connectivity index (χ2n) is 15.3. The number of H-pyrrole nitrogens is 1. The van der Waals surface area contributed by atoms with Gasteiger partial charge in [-0.1, -0.05) is 29.8 Å². The Morgan fingerprint density at radius 1 is 0.963 bits per heavy atom. The van der Waals surface area contributed by atoms with Gasteiger partial charge in [-0.25, -0.2) is 9.59 Å². The fourth-order valence-corrected chi connectivity index (χ4v) is 9.56. The van der Waals surface area contributed by atoms with Crippen molar-refractivity contribution in [3.63, 3.8) is 0 Å². The first kappa shape index (κ1) is 36.6. The van der Waals surface area contributed by atoms with E-state index in [4.69, 9.17) is 17.3 Å². The second kappa shape index (κ2) is 14.4. The van der Waals surface area contributed by atoms with Crippen LogP contribution in [0.2, 0.25) is 5.02 Å². The lowest BCUT2D eigenvalue weighted by Gasteiger charge is -2.45. The number of halogens is 4. The number of fused-ring (bicyclic) bond motifs is 5. The van der Waals surface area contributed by atoms with Crippen LogP contribution in [0.3, 0.4) is 0 Å². The number of hydrogen-bond donors (Lipinski definition) is 3. The maximum atomic E-state index is 14.2. The summed E-state index contributed by atoms with van der Waals surface area (Å²) in [5.41, 5.74) is 6.10. The van der Waals surface area contributed by atoms with Crippen molar-refractivity contribution in [2.24, 2.45) is 0 Å². The van der Waals surface area contributed by atoms with Gasteiger partial charge < -0.3 is 30.7 Å². The predicted molar refractivity (Wildman–Crippen MR) is 200 cm³/mol. The number of pyridine rings is 1. The van der Waals surface area contributed by atoms with Crippen LogP contribution in [0.1, 0.15) is 55.7 Å². The Bertz CT molecular complexity index is 2110. The molecule has 0 spiro atoms. The van der Waals surface area contributed by atoms with Crippen molar-refractivity contribution in [3.05, 3.63) is 69.2 Å². The lowest BCUT2D eigenvalue weighted by atomic mass is 9.95. The van der Waals surface area contributed by atoms with E-state index >= 15 is 0 Å². The van der Waals surface area contributed by atoms with Crippen molar-refractivity contribution < 1.29 is 22.8 Å². The molecule has 12 nitrogen and oxygen atoms in total. The number of nitrogens with zero attached hydrogens (tertiary/aromatic N) is 6. The molecule has 16 heteroatoms. The van der Waals surface area contributed by atoms with Gasteiger partial charge in [-0.2, -0.15) is 13.2 Å². The molecular weight excluding hydrogens is 723 g/mol. The number of para-hydroxylation sites is 1. The van der Waals surface area contributed by atoms with Crippen LogP contribution in [0.25, 0.3) is 21.9 Å². The summed E-state index contributed by atoms with van der Waals surface area (Å²) in [6, 6.07) is 9.62. The molecule has 4 aromatic rings. The van der Waals surface area contributed by atoms with Crippen LogP contribution in [0.4, 0.5) is 23.7 Å². The number of likely N-dealkylation sites (tertiary alicyclic amines) is 1. The normalized spacial score (nSPS) is 23.7. The fourth-order valence-electron chi connectivity index (χ4n) is 9.32. The summed E-state index contributed by atoms with van der Waals surface area (Å²) in [4.78, 5) is 57.0. The van der Waals surface area contributed by atoms with Gasteiger partial charge in [0.05, 0.1) is 39.0 Å². The molecule has 4 aliphatic rings. The van der Waals surface area contributed by atoms with Crippen LogP contribution in [-0.2, 0) is 17.4 Å². The summed E-state index contributed by atoms with van der Waals surface area (Å²) in [6.45, 7) is 2.91. The maximum absolute atomic E-state index is 14.2. The number of hydrogen-bond acceptors (Lipinski definition) is 7. The van der Waals surface area contributed by atoms with Crippen LogP contribution in [0.5, 0.6) is 0 Å². The van der Waals surface area contributed by atoms with Gasteiger partial charge in [0, 0.05) is 75.2 Å². The van der Waals surface area contributed by atoms with Crippen molar-refractivity contribution in [1.29, 1.82) is 0 Å². The van der Waals surface area contributed by atoms with Gasteiger partial charge in [-0.05, 0) is 69.3 Å². The fraction of sp³-hybridized carbons (Fsp3) is 0.526. The lowest BCUT2D eigenvalue weighted by molar-refractivity contribution is -0.137. The molecule has 4 fully saturated rings. The summed E-state index contributed by atoms with van der Waals surface area (Å²) in [7, 11) is 2.21. The number of imidazole rings is 1. The Morgan fingerprint density at radius 3 is 2.33 bits per heavy atom. The zero-order valence-corrected chi connectivity index (χ0v) is 30.9. The van der Waals surface area contributed by atoms with E-state index < -0.39 is 29.5 Å². The Balaban J connectivity index is 0.970. The molecule has 0 saturated carbocycles. The molecule has 6 heterocycles. The molecule has 288 valence electrons. The minimum absolute atomic E-state index is 0.138. The van der Waals surface area contributed by atoms with E-state index in [1.807, 2.05) is 24.3 Å². The molecule has 2 aromatic carbocycles. The minimum Gasteiger partial charge on any atom is -0.397 e. The van der Waals surface area contributed by atoms with Crippen molar-refractivity contribution >= 4 is 51.2 Å². The zero-order chi connectivity index (χ0) is 37.9. The van der Waals surface area contributed by atoms with E-state index in [-0.39, 0.29) is 34.6 Å². The molecule has 0 radical (unpaired) electrons. The van der Waals surface area contributed by atoms with Gasteiger partial charge in [0.15, 0.2) is 0 Å². The molecule has 2 unspecified atom stereocenters. The van der Waals surface area contributed by atoms with E-state index in [2.05, 4.69) is 32.1 Å². The summed E-state index contributed by atoms with van der Waals surface area (Å²) in [5.74, 6) is -0.354. The number of aromatic nitrogens is 3. The number of alkyl halides is 3. The van der Waals surface area contributed by atoms with E-state index in [0.29, 0.717) is 81.3 Å². The molecule has 2 bridgehead atoms. The van der Waals surface area contributed by atoms with Gasteiger partial charge in [0.25, 0.3) is 0 Å². The highest BCUT2D eigenvalue weighted by atomic mass is 35.5. The zero-order valence-electron chi connectivity index (χ0n) is 30.1. The predicted octanol–water partition coefficient (Wildman–Crippen LogP) is 4.86. The molecule has 54 heavy (non-hydrogen) atoms. The summed E-state index contributed by atoms with van der Waals surface area (Å²) >= 11 is 6.17. The third-order valence-corrected chi connectivity index (χ3v) is 12.6. The van der Waals surface area contributed by atoms with Crippen LogP contribution in [0, 0.1) is 0 Å². The summed E-state index contributed by atoms with van der Waals surface area (Å²) in [5, 5.41) is 3.45. The van der Waals surface area contributed by atoms with Crippen LogP contribution in [0.15, 0.2) is 47.4 Å². The number of nitrogens with one attached hydrogen (secondary N) is 2. The van der Waals surface area contributed by atoms with Crippen molar-refractivity contribution in [2.45, 2.75) is 81.3 Å². The quantitative estimate of drug-likeness (QED) is 0.239. The number of rotatable bonds is 6. The largest absolute Gasteiger partial charge is 0.418 e. The van der Waals surface area contributed by atoms with Gasteiger partial charge >= 0.3 is 17.9 Å². The third kappa shape index (κ3) is 6.90. The highest BCUT2D eigenvalue weighted by Crippen LogP contribution is 2.39. The molecule has 3 atom stereocenters. The summed E-state index contributed by atoms with van der Waals surface area (Å²) in [6.07, 6.45) is 2.36. The lowest BCUT2D eigenvalue weighted by Crippen LogP contribution is -2.59. The first-order valence-corrected chi connectivity index (χ1v) is 19.2. The molecule has 2 aromatic heterocycles. The number of urea groups is 1. The third-order valence-electron chi connectivity index (χ3n) is 12.3. The number of piperazine rings is 1. The molecule has 4 saturated heterocycles. The van der Waals surface area contributed by atoms with Gasteiger partial charge in [-0.3, -0.25) is 19.2 Å². The number of amides is 3. The average Bonchev–Trinajstić information content (AvgIpc) is 3.58. The maximum Gasteiger partial charge on any atom is 0.418 e. The average molecular weight is 768 g/mol. The van der Waals surface area contributed by atoms with Crippen molar-refractivity contribution in [2.75, 3.05) is 52.0 Å². The topological polar surface area (TPSA) is 136 Å². The molecule has 4 N–H and O–H groups in total. The standard InChI is InChI=1S/C38H45ClF3N9O3/c1-47-24-6-7-25(47)20-26(19-24)48-12-14-49(15-13-48)35(52)31(18-22-16-28(38(40,41)42)33(43)29(39)17-22)45-36(53)50-10-8-23(9-11-50)51-32-21-44-30-5-3-2-4-27(30)34(32)46-37(51)54/h2-5,16-17,21,23-26,31H,6-15,18-20,43H2,1H3,(H,45,53)(H,46,54)/t24?,25?,26?,31-/m1/s1. The highest BCUT2D eigenvalue weighted by molar-refractivity contribution is 6.33. The summed E-state index contributed by atoms with van der Waals surface area (Å²) < 4.78 is 43.4. The molecule has 0 aliphatic carbocycles. The monoisotopic (exact) mass is 767 g/mol. The van der Waals surface area contributed by atoms with E-state index in [0.717, 1.165) is 29.8 Å². The number of aromatic amines is 1. The molecule has 3 amide bonds.